The molecule has 0 aliphatic rings. The maximum atomic E-state index is 13.1. The third-order valence-electron chi connectivity index (χ3n) is 4.13. The van der Waals surface area contributed by atoms with E-state index in [2.05, 4.69) is 36.8 Å². The van der Waals surface area contributed by atoms with Gasteiger partial charge in [-0.15, -0.1) is 0 Å². The smallest absolute Gasteiger partial charge is 0.266 e. The van der Waals surface area contributed by atoms with Crippen molar-refractivity contribution >= 4 is 42.8 Å². The van der Waals surface area contributed by atoms with Gasteiger partial charge in [-0.05, 0) is 71.4 Å². The van der Waals surface area contributed by atoms with E-state index in [0.29, 0.717) is 22.5 Å². The minimum Gasteiger partial charge on any atom is -0.457 e. The van der Waals surface area contributed by atoms with E-state index in [0.717, 1.165) is 20.4 Å². The van der Waals surface area contributed by atoms with E-state index in [1.165, 1.54) is 0 Å². The minimum atomic E-state index is -0.115. The fourth-order valence-electron chi connectivity index (χ4n) is 2.91. The highest BCUT2D eigenvalue weighted by molar-refractivity contribution is 9.11. The van der Waals surface area contributed by atoms with E-state index in [4.69, 9.17) is 4.74 Å². The number of hydrogen-bond donors (Lipinski definition) is 0. The molecular formula is C21H14Br2N2O2. The second-order valence-corrected chi connectivity index (χ2v) is 7.76. The summed E-state index contributed by atoms with van der Waals surface area (Å²) >= 11 is 6.92. The lowest BCUT2D eigenvalue weighted by atomic mass is 10.2. The molecule has 4 nitrogen and oxygen atoms in total. The van der Waals surface area contributed by atoms with Gasteiger partial charge in [-0.2, -0.15) is 0 Å². The summed E-state index contributed by atoms with van der Waals surface area (Å²) in [4.78, 5) is 17.7. The molecule has 0 saturated heterocycles. The number of aromatic nitrogens is 2. The summed E-state index contributed by atoms with van der Waals surface area (Å²) in [6.07, 6.45) is 0. The van der Waals surface area contributed by atoms with Gasteiger partial charge in [0, 0.05) is 8.95 Å². The highest BCUT2D eigenvalue weighted by Gasteiger charge is 2.13. The van der Waals surface area contributed by atoms with Crippen molar-refractivity contribution in [3.05, 3.63) is 91.9 Å². The van der Waals surface area contributed by atoms with Crippen molar-refractivity contribution in [3.8, 4) is 17.2 Å². The normalized spacial score (nSPS) is 10.9. The zero-order valence-electron chi connectivity index (χ0n) is 14.3. The van der Waals surface area contributed by atoms with Gasteiger partial charge in [0.15, 0.2) is 0 Å². The Balaban J connectivity index is 1.77. The third-order valence-corrected chi connectivity index (χ3v) is 5.20. The molecule has 27 heavy (non-hydrogen) atoms. The fourth-order valence-corrected chi connectivity index (χ4v) is 4.23. The molecule has 0 saturated carbocycles. The monoisotopic (exact) mass is 484 g/mol. The number of aryl methyl sites for hydroxylation is 1. The van der Waals surface area contributed by atoms with E-state index >= 15 is 0 Å². The summed E-state index contributed by atoms with van der Waals surface area (Å²) in [6, 6.07) is 20.6. The van der Waals surface area contributed by atoms with Gasteiger partial charge in [-0.25, -0.2) is 4.98 Å². The minimum absolute atomic E-state index is 0.115. The van der Waals surface area contributed by atoms with Gasteiger partial charge in [0.2, 0.25) is 0 Å². The van der Waals surface area contributed by atoms with E-state index in [1.54, 1.807) is 10.6 Å². The number of rotatable bonds is 3. The van der Waals surface area contributed by atoms with Crippen LogP contribution in [0.5, 0.6) is 11.5 Å². The lowest BCUT2D eigenvalue weighted by molar-refractivity contribution is 0.482. The summed E-state index contributed by atoms with van der Waals surface area (Å²) in [7, 11) is 0. The highest BCUT2D eigenvalue weighted by Crippen LogP contribution is 2.27. The molecule has 0 radical (unpaired) electrons. The Morgan fingerprint density at radius 2 is 1.59 bits per heavy atom. The Morgan fingerprint density at radius 3 is 2.30 bits per heavy atom. The second-order valence-electron chi connectivity index (χ2n) is 5.99. The van der Waals surface area contributed by atoms with Crippen LogP contribution in [-0.4, -0.2) is 9.55 Å². The van der Waals surface area contributed by atoms with Crippen molar-refractivity contribution in [1.82, 2.24) is 9.55 Å². The number of halogens is 2. The summed E-state index contributed by atoms with van der Waals surface area (Å²) in [5.74, 6) is 2.09. The molecule has 0 fully saturated rings. The molecule has 6 heteroatoms. The van der Waals surface area contributed by atoms with Gasteiger partial charge in [0.25, 0.3) is 5.56 Å². The quantitative estimate of drug-likeness (QED) is 0.356. The summed E-state index contributed by atoms with van der Waals surface area (Å²) < 4.78 is 9.03. The predicted octanol–water partition coefficient (Wildman–Crippen LogP) is 6.01. The van der Waals surface area contributed by atoms with Crippen molar-refractivity contribution in [3.63, 3.8) is 0 Å². The first kappa shape index (κ1) is 17.9. The molecule has 0 unspecified atom stereocenters. The fraction of sp³-hybridized carbons (Fsp3) is 0.0476. The molecule has 0 amide bonds. The molecule has 3 aromatic carbocycles. The lowest BCUT2D eigenvalue weighted by Gasteiger charge is -2.13. The number of benzene rings is 3. The van der Waals surface area contributed by atoms with Gasteiger partial charge in [0.05, 0.1) is 16.6 Å². The molecule has 0 bridgehead atoms. The van der Waals surface area contributed by atoms with Gasteiger partial charge in [-0.3, -0.25) is 9.36 Å². The Kier molecular flexibility index (Phi) is 4.85. The standard InChI is InChI=1S/C21H14Br2N2O2/c1-13-24-20-18(11-14(22)12-19(20)23)21(26)25(13)15-7-9-17(10-8-15)27-16-5-3-2-4-6-16/h2-12H,1H3. The number of nitrogens with zero attached hydrogens (tertiary/aromatic N) is 2. The molecule has 0 N–H and O–H groups in total. The molecule has 0 aliphatic heterocycles. The topological polar surface area (TPSA) is 44.1 Å². The summed E-state index contributed by atoms with van der Waals surface area (Å²) in [6.45, 7) is 1.82. The molecular weight excluding hydrogens is 472 g/mol. The van der Waals surface area contributed by atoms with Crippen LogP contribution in [-0.2, 0) is 0 Å². The average Bonchev–Trinajstić information content (AvgIpc) is 2.65. The Bertz CT molecular complexity index is 1190. The van der Waals surface area contributed by atoms with E-state index in [1.807, 2.05) is 67.6 Å². The van der Waals surface area contributed by atoms with Gasteiger partial charge in [0.1, 0.15) is 17.3 Å². The third kappa shape index (κ3) is 3.55. The number of para-hydroxylation sites is 1. The first-order chi connectivity index (χ1) is 13.0. The van der Waals surface area contributed by atoms with Crippen LogP contribution < -0.4 is 10.3 Å². The van der Waals surface area contributed by atoms with E-state index in [-0.39, 0.29) is 5.56 Å². The first-order valence-corrected chi connectivity index (χ1v) is 9.83. The molecule has 0 spiro atoms. The van der Waals surface area contributed by atoms with Crippen LogP contribution in [0.4, 0.5) is 0 Å². The van der Waals surface area contributed by atoms with Crippen molar-refractivity contribution in [2.75, 3.05) is 0 Å². The Hall–Kier alpha value is -2.44. The first-order valence-electron chi connectivity index (χ1n) is 8.25. The van der Waals surface area contributed by atoms with Crippen LogP contribution in [0.1, 0.15) is 5.82 Å². The van der Waals surface area contributed by atoms with Gasteiger partial charge >= 0.3 is 0 Å². The highest BCUT2D eigenvalue weighted by atomic mass is 79.9. The zero-order valence-corrected chi connectivity index (χ0v) is 17.5. The maximum Gasteiger partial charge on any atom is 0.266 e. The van der Waals surface area contributed by atoms with Crippen LogP contribution in [0.25, 0.3) is 16.6 Å². The molecule has 4 rings (SSSR count). The van der Waals surface area contributed by atoms with E-state index in [9.17, 15) is 4.79 Å². The SMILES string of the molecule is Cc1nc2c(Br)cc(Br)cc2c(=O)n1-c1ccc(Oc2ccccc2)cc1. The largest absolute Gasteiger partial charge is 0.457 e. The summed E-state index contributed by atoms with van der Waals surface area (Å²) in [5, 5.41) is 0.548. The molecule has 0 atom stereocenters. The van der Waals surface area contributed by atoms with Crippen molar-refractivity contribution in [2.45, 2.75) is 6.92 Å². The maximum absolute atomic E-state index is 13.1. The lowest BCUT2D eigenvalue weighted by Crippen LogP contribution is -2.22. The van der Waals surface area contributed by atoms with Crippen LogP contribution in [0, 0.1) is 6.92 Å². The van der Waals surface area contributed by atoms with Crippen molar-refractivity contribution in [2.24, 2.45) is 0 Å². The number of fused-ring (bicyclic) bond motifs is 1. The average molecular weight is 486 g/mol. The van der Waals surface area contributed by atoms with E-state index < -0.39 is 0 Å². The Morgan fingerprint density at radius 1 is 0.926 bits per heavy atom. The molecule has 0 aliphatic carbocycles. The predicted molar refractivity (Wildman–Crippen MR) is 114 cm³/mol. The van der Waals surface area contributed by atoms with Crippen LogP contribution >= 0.6 is 31.9 Å². The van der Waals surface area contributed by atoms with Crippen LogP contribution in [0.15, 0.2) is 80.5 Å². The number of hydrogen-bond acceptors (Lipinski definition) is 3. The molecule has 134 valence electrons. The number of ether oxygens (including phenoxy) is 1. The van der Waals surface area contributed by atoms with Gasteiger partial charge in [-0.1, -0.05) is 34.1 Å². The Labute approximate surface area is 172 Å². The van der Waals surface area contributed by atoms with Crippen molar-refractivity contribution < 1.29 is 4.74 Å². The van der Waals surface area contributed by atoms with Crippen molar-refractivity contribution in [1.29, 1.82) is 0 Å². The molecule has 1 aromatic heterocycles. The van der Waals surface area contributed by atoms with Crippen LogP contribution in [0.3, 0.4) is 0 Å². The summed E-state index contributed by atoms with van der Waals surface area (Å²) in [5.41, 5.74) is 1.28. The second kappa shape index (κ2) is 7.29. The van der Waals surface area contributed by atoms with Gasteiger partial charge < -0.3 is 4.74 Å². The zero-order chi connectivity index (χ0) is 19.0. The molecule has 4 aromatic rings. The van der Waals surface area contributed by atoms with Crippen LogP contribution in [0.2, 0.25) is 0 Å². The molecule has 1 heterocycles.